The zero-order valence-electron chi connectivity index (χ0n) is 11.3. The number of carbonyl (C=O) groups excluding carboxylic acids is 1. The lowest BCUT2D eigenvalue weighted by Crippen LogP contribution is -2.27. The van der Waals surface area contributed by atoms with Crippen LogP contribution in [0.25, 0.3) is 0 Å². The molecule has 0 radical (unpaired) electrons. The minimum atomic E-state index is 0.0314. The van der Waals surface area contributed by atoms with Crippen LogP contribution in [0.4, 0.5) is 0 Å². The molecular weight excluding hydrogens is 325 g/mol. The smallest absolute Gasteiger partial charge is 0.230 e. The molecule has 0 spiro atoms. The molecule has 0 fully saturated rings. The van der Waals surface area contributed by atoms with Gasteiger partial charge in [-0.3, -0.25) is 4.79 Å². The van der Waals surface area contributed by atoms with E-state index in [0.29, 0.717) is 17.3 Å². The minimum absolute atomic E-state index is 0.0314. The van der Waals surface area contributed by atoms with Gasteiger partial charge >= 0.3 is 0 Å². The molecule has 0 heterocycles. The van der Waals surface area contributed by atoms with Gasteiger partial charge in [0, 0.05) is 21.5 Å². The average molecular weight is 340 g/mol. The summed E-state index contributed by atoms with van der Waals surface area (Å²) in [4.78, 5) is 12.8. The van der Waals surface area contributed by atoms with E-state index in [2.05, 4.69) is 5.32 Å². The van der Waals surface area contributed by atoms with Crippen LogP contribution in [0.3, 0.4) is 0 Å². The molecule has 21 heavy (non-hydrogen) atoms. The van der Waals surface area contributed by atoms with Gasteiger partial charge < -0.3 is 5.32 Å². The summed E-state index contributed by atoms with van der Waals surface area (Å²) in [6.45, 7) is 0.627. The van der Waals surface area contributed by atoms with E-state index in [0.717, 1.165) is 21.9 Å². The van der Waals surface area contributed by atoms with Gasteiger partial charge in [-0.2, -0.15) is 0 Å². The van der Waals surface area contributed by atoms with Gasteiger partial charge in [-0.25, -0.2) is 0 Å². The van der Waals surface area contributed by atoms with Crippen LogP contribution >= 0.6 is 35.0 Å². The lowest BCUT2D eigenvalue weighted by molar-refractivity contribution is -0.118. The summed E-state index contributed by atoms with van der Waals surface area (Å²) in [7, 11) is 0. The largest absolute Gasteiger partial charge is 0.355 e. The molecule has 0 bridgehead atoms. The van der Waals surface area contributed by atoms with Crippen LogP contribution < -0.4 is 5.32 Å². The number of nitrogens with one attached hydrogen (secondary N) is 1. The Bertz CT molecular complexity index is 584. The highest BCUT2D eigenvalue weighted by Gasteiger charge is 2.03. The van der Waals surface area contributed by atoms with E-state index in [4.69, 9.17) is 23.2 Å². The number of carbonyl (C=O) groups is 1. The summed E-state index contributed by atoms with van der Waals surface area (Å²) >= 11 is 13.1. The molecule has 2 aromatic carbocycles. The molecule has 0 unspecified atom stereocenters. The fourth-order valence-corrected chi connectivity index (χ4v) is 2.71. The Morgan fingerprint density at radius 2 is 1.52 bits per heavy atom. The van der Waals surface area contributed by atoms with E-state index in [-0.39, 0.29) is 5.91 Å². The van der Waals surface area contributed by atoms with Crippen molar-refractivity contribution < 1.29 is 4.79 Å². The van der Waals surface area contributed by atoms with Crippen LogP contribution in [-0.4, -0.2) is 18.2 Å². The van der Waals surface area contributed by atoms with Gasteiger partial charge in [0.05, 0.1) is 5.75 Å². The van der Waals surface area contributed by atoms with Crippen molar-refractivity contribution in [3.8, 4) is 0 Å². The number of benzene rings is 2. The number of amides is 1. The molecule has 5 heteroatoms. The van der Waals surface area contributed by atoms with Crippen LogP contribution in [0.2, 0.25) is 10.0 Å². The summed E-state index contributed by atoms with van der Waals surface area (Å²) < 4.78 is 0. The Balaban J connectivity index is 1.67. The van der Waals surface area contributed by atoms with E-state index in [1.54, 1.807) is 0 Å². The van der Waals surface area contributed by atoms with Gasteiger partial charge in [0.15, 0.2) is 0 Å². The summed E-state index contributed by atoms with van der Waals surface area (Å²) in [5.74, 6) is 0.436. The number of thioether (sulfide) groups is 1. The van der Waals surface area contributed by atoms with Crippen LogP contribution in [0, 0.1) is 0 Å². The maximum atomic E-state index is 11.7. The van der Waals surface area contributed by atoms with Gasteiger partial charge in [-0.05, 0) is 48.4 Å². The first-order chi connectivity index (χ1) is 10.1. The predicted molar refractivity (Wildman–Crippen MR) is 90.3 cm³/mol. The van der Waals surface area contributed by atoms with Crippen molar-refractivity contribution in [2.45, 2.75) is 11.3 Å². The van der Waals surface area contributed by atoms with Crippen molar-refractivity contribution in [3.05, 3.63) is 64.1 Å². The van der Waals surface area contributed by atoms with Crippen molar-refractivity contribution in [3.63, 3.8) is 0 Å². The SMILES string of the molecule is O=C(CSc1ccc(Cl)cc1)NCCc1ccc(Cl)cc1. The number of halogens is 2. The van der Waals surface area contributed by atoms with Gasteiger partial charge in [0.25, 0.3) is 0 Å². The third-order valence-electron chi connectivity index (χ3n) is 2.83. The highest BCUT2D eigenvalue weighted by molar-refractivity contribution is 8.00. The van der Waals surface area contributed by atoms with E-state index in [1.807, 2.05) is 48.5 Å². The molecule has 1 amide bonds. The first-order valence-electron chi connectivity index (χ1n) is 6.53. The second-order valence-electron chi connectivity index (χ2n) is 4.47. The highest BCUT2D eigenvalue weighted by Crippen LogP contribution is 2.19. The van der Waals surface area contributed by atoms with E-state index in [1.165, 1.54) is 11.8 Å². The third-order valence-corrected chi connectivity index (χ3v) is 4.35. The first-order valence-corrected chi connectivity index (χ1v) is 8.27. The molecule has 0 atom stereocenters. The number of rotatable bonds is 6. The molecule has 0 aliphatic carbocycles. The Morgan fingerprint density at radius 1 is 0.952 bits per heavy atom. The van der Waals surface area contributed by atoms with Crippen molar-refractivity contribution in [1.82, 2.24) is 5.32 Å². The maximum absolute atomic E-state index is 11.7. The topological polar surface area (TPSA) is 29.1 Å². The Hall–Kier alpha value is -1.16. The Kier molecular flexibility index (Phi) is 6.43. The molecule has 2 nitrogen and oxygen atoms in total. The van der Waals surface area contributed by atoms with E-state index < -0.39 is 0 Å². The summed E-state index contributed by atoms with van der Waals surface area (Å²) in [6, 6.07) is 15.1. The van der Waals surface area contributed by atoms with E-state index in [9.17, 15) is 4.79 Å². The molecule has 2 rings (SSSR count). The second kappa shape index (κ2) is 8.32. The third kappa shape index (κ3) is 6.00. The monoisotopic (exact) mass is 339 g/mol. The molecule has 0 saturated carbocycles. The molecule has 0 aliphatic heterocycles. The minimum Gasteiger partial charge on any atom is -0.355 e. The first kappa shape index (κ1) is 16.2. The van der Waals surface area contributed by atoms with Gasteiger partial charge in [0.1, 0.15) is 0 Å². The van der Waals surface area contributed by atoms with Crippen LogP contribution in [-0.2, 0) is 11.2 Å². The molecule has 1 N–H and O–H groups in total. The average Bonchev–Trinajstić information content (AvgIpc) is 2.49. The van der Waals surface area contributed by atoms with E-state index >= 15 is 0 Å². The van der Waals surface area contributed by atoms with Gasteiger partial charge in [-0.1, -0.05) is 35.3 Å². The van der Waals surface area contributed by atoms with Crippen LogP contribution in [0.15, 0.2) is 53.4 Å². The lowest BCUT2D eigenvalue weighted by atomic mass is 10.1. The molecule has 0 saturated heterocycles. The van der Waals surface area contributed by atoms with Gasteiger partial charge in [0.2, 0.25) is 5.91 Å². The maximum Gasteiger partial charge on any atom is 0.230 e. The Morgan fingerprint density at radius 3 is 2.14 bits per heavy atom. The molecule has 2 aromatic rings. The fraction of sp³-hybridized carbons (Fsp3) is 0.188. The number of hydrogen-bond donors (Lipinski definition) is 1. The summed E-state index contributed by atoms with van der Waals surface area (Å²) in [5, 5.41) is 4.33. The number of hydrogen-bond acceptors (Lipinski definition) is 2. The van der Waals surface area contributed by atoms with Crippen molar-refractivity contribution in [2.75, 3.05) is 12.3 Å². The summed E-state index contributed by atoms with van der Waals surface area (Å²) in [5.41, 5.74) is 1.16. The van der Waals surface area contributed by atoms with Crippen molar-refractivity contribution in [2.24, 2.45) is 0 Å². The zero-order valence-corrected chi connectivity index (χ0v) is 13.6. The van der Waals surface area contributed by atoms with Crippen LogP contribution in [0.5, 0.6) is 0 Å². The van der Waals surface area contributed by atoms with Crippen LogP contribution in [0.1, 0.15) is 5.56 Å². The summed E-state index contributed by atoms with van der Waals surface area (Å²) in [6.07, 6.45) is 0.800. The van der Waals surface area contributed by atoms with Gasteiger partial charge in [-0.15, -0.1) is 11.8 Å². The molecule has 0 aliphatic rings. The second-order valence-corrected chi connectivity index (χ2v) is 6.39. The standard InChI is InChI=1S/C16H15Cl2NOS/c17-13-3-1-12(2-4-13)9-10-19-16(20)11-21-15-7-5-14(18)6-8-15/h1-8H,9-11H2,(H,19,20). The molecule has 110 valence electrons. The lowest BCUT2D eigenvalue weighted by Gasteiger charge is -2.06. The quantitative estimate of drug-likeness (QED) is 0.788. The molecule has 0 aromatic heterocycles. The highest BCUT2D eigenvalue weighted by atomic mass is 35.5. The van der Waals surface area contributed by atoms with Crippen molar-refractivity contribution >= 4 is 40.9 Å². The molecular formula is C16H15Cl2NOS. The normalized spacial score (nSPS) is 10.4. The fourth-order valence-electron chi connectivity index (χ4n) is 1.73. The zero-order chi connectivity index (χ0) is 15.1. The van der Waals surface area contributed by atoms with Crippen molar-refractivity contribution in [1.29, 1.82) is 0 Å². The predicted octanol–water partition coefficient (Wildman–Crippen LogP) is 4.44. The Labute approximate surface area is 138 Å².